The average Bonchev–Trinajstić information content (AvgIpc) is 2.31. The number of nitrogens with zero attached hydrogens (tertiary/aromatic N) is 1. The summed E-state index contributed by atoms with van der Waals surface area (Å²) >= 11 is 11.8. The van der Waals surface area contributed by atoms with Crippen LogP contribution in [-0.4, -0.2) is 4.57 Å². The third-order valence-electron chi connectivity index (χ3n) is 1.81. The molecule has 0 bridgehead atoms. The quantitative estimate of drug-likeness (QED) is 0.613. The van der Waals surface area contributed by atoms with Crippen molar-refractivity contribution in [2.75, 3.05) is 0 Å². The molecule has 0 amide bonds. The summed E-state index contributed by atoms with van der Waals surface area (Å²) in [5, 5.41) is 2.35. The molecule has 0 aliphatic heterocycles. The van der Waals surface area contributed by atoms with Crippen molar-refractivity contribution in [1.29, 1.82) is 0 Å². The molecular formula is C9H6Cl2N. The molecule has 3 heteroatoms. The van der Waals surface area contributed by atoms with E-state index in [1.165, 1.54) is 0 Å². The number of benzene rings is 1. The molecule has 1 aromatic heterocycles. The van der Waals surface area contributed by atoms with E-state index in [1.807, 2.05) is 23.7 Å². The van der Waals surface area contributed by atoms with Gasteiger partial charge in [-0.05, 0) is 18.2 Å². The van der Waals surface area contributed by atoms with Gasteiger partial charge in [0.15, 0.2) is 0 Å². The Morgan fingerprint density at radius 2 is 2.08 bits per heavy atom. The van der Waals surface area contributed by atoms with Crippen molar-refractivity contribution in [1.82, 2.24) is 4.57 Å². The van der Waals surface area contributed by atoms with Gasteiger partial charge in [0.05, 0.1) is 16.7 Å². The predicted octanol–water partition coefficient (Wildman–Crippen LogP) is 3.29. The molecule has 0 saturated heterocycles. The molecule has 1 heterocycles. The molecule has 0 atom stereocenters. The fraction of sp³-hybridized carbons (Fsp3) is 0.111. The molecule has 1 aromatic carbocycles. The summed E-state index contributed by atoms with van der Waals surface area (Å²) < 4.78 is 1.86. The zero-order valence-electron chi connectivity index (χ0n) is 6.44. The predicted molar refractivity (Wildman–Crippen MR) is 51.8 cm³/mol. The molecule has 61 valence electrons. The van der Waals surface area contributed by atoms with Crippen LogP contribution >= 0.6 is 23.2 Å². The van der Waals surface area contributed by atoms with Gasteiger partial charge in [0.1, 0.15) is 0 Å². The molecular weight excluding hydrogens is 193 g/mol. The Morgan fingerprint density at radius 1 is 1.33 bits per heavy atom. The first-order valence-electron chi connectivity index (χ1n) is 3.50. The molecule has 12 heavy (non-hydrogen) atoms. The maximum Gasteiger partial charge on any atom is 0.0673 e. The highest BCUT2D eigenvalue weighted by Gasteiger charge is 2.04. The molecule has 0 unspecified atom stereocenters. The van der Waals surface area contributed by atoms with Gasteiger partial charge >= 0.3 is 0 Å². The molecule has 0 saturated carbocycles. The highest BCUT2D eigenvalue weighted by Crippen LogP contribution is 2.27. The summed E-state index contributed by atoms with van der Waals surface area (Å²) in [6.45, 7) is 0. The van der Waals surface area contributed by atoms with Crippen LogP contribution < -0.4 is 0 Å². The van der Waals surface area contributed by atoms with Crippen LogP contribution in [-0.2, 0) is 7.05 Å². The fourth-order valence-corrected chi connectivity index (χ4v) is 1.92. The van der Waals surface area contributed by atoms with Crippen molar-refractivity contribution in [2.45, 2.75) is 0 Å². The lowest BCUT2D eigenvalue weighted by molar-refractivity contribution is 0.960. The number of hydrogen-bond donors (Lipinski definition) is 0. The number of halogens is 2. The number of rotatable bonds is 0. The molecule has 1 nitrogen and oxygen atoms in total. The van der Waals surface area contributed by atoms with Crippen LogP contribution in [0, 0.1) is 6.20 Å². The van der Waals surface area contributed by atoms with E-state index < -0.39 is 0 Å². The van der Waals surface area contributed by atoms with Crippen LogP contribution in [0.25, 0.3) is 10.9 Å². The van der Waals surface area contributed by atoms with Crippen molar-refractivity contribution < 1.29 is 0 Å². The Balaban J connectivity index is 2.93. The van der Waals surface area contributed by atoms with E-state index in [1.54, 1.807) is 6.07 Å². The molecule has 0 aliphatic carbocycles. The summed E-state index contributed by atoms with van der Waals surface area (Å²) in [4.78, 5) is 0. The Morgan fingerprint density at radius 3 is 2.83 bits per heavy atom. The number of fused-ring (bicyclic) bond motifs is 1. The van der Waals surface area contributed by atoms with Gasteiger partial charge in [-0.2, -0.15) is 0 Å². The minimum Gasteiger partial charge on any atom is -0.341 e. The van der Waals surface area contributed by atoms with E-state index in [-0.39, 0.29) is 0 Å². The van der Waals surface area contributed by atoms with Crippen molar-refractivity contribution in [3.8, 4) is 0 Å². The Labute approximate surface area is 80.5 Å². The van der Waals surface area contributed by atoms with Gasteiger partial charge in [-0.3, -0.25) is 0 Å². The molecule has 0 fully saturated rings. The minimum atomic E-state index is 0.659. The third kappa shape index (κ3) is 1.10. The van der Waals surface area contributed by atoms with E-state index in [0.717, 1.165) is 10.9 Å². The number of aromatic nitrogens is 1. The van der Waals surface area contributed by atoms with E-state index in [4.69, 9.17) is 23.2 Å². The van der Waals surface area contributed by atoms with Crippen LogP contribution in [0.15, 0.2) is 18.2 Å². The maximum absolute atomic E-state index is 5.98. The molecule has 2 aromatic rings. The Bertz CT molecular complexity index is 431. The maximum atomic E-state index is 5.98. The molecule has 1 radical (unpaired) electrons. The van der Waals surface area contributed by atoms with Crippen LogP contribution in [0.1, 0.15) is 0 Å². The Kier molecular flexibility index (Phi) is 1.78. The van der Waals surface area contributed by atoms with Crippen LogP contribution in [0.4, 0.5) is 0 Å². The van der Waals surface area contributed by atoms with Crippen molar-refractivity contribution >= 4 is 34.1 Å². The van der Waals surface area contributed by atoms with Gasteiger partial charge in [-0.1, -0.05) is 23.2 Å². The minimum absolute atomic E-state index is 0.659. The molecule has 0 N–H and O–H groups in total. The summed E-state index contributed by atoms with van der Waals surface area (Å²) in [5.41, 5.74) is 0.973. The first-order valence-corrected chi connectivity index (χ1v) is 4.26. The first kappa shape index (κ1) is 7.96. The normalized spacial score (nSPS) is 10.9. The summed E-state index contributed by atoms with van der Waals surface area (Å²) in [6.07, 6.45) is 3.02. The van der Waals surface area contributed by atoms with Crippen molar-refractivity contribution in [3.05, 3.63) is 34.4 Å². The van der Waals surface area contributed by atoms with E-state index in [9.17, 15) is 0 Å². The second-order valence-electron chi connectivity index (χ2n) is 2.66. The molecule has 0 spiro atoms. The van der Waals surface area contributed by atoms with E-state index in [2.05, 4.69) is 6.20 Å². The van der Waals surface area contributed by atoms with Gasteiger partial charge in [0.25, 0.3) is 0 Å². The number of hydrogen-bond acceptors (Lipinski definition) is 0. The smallest absolute Gasteiger partial charge is 0.0673 e. The third-order valence-corrected chi connectivity index (χ3v) is 2.31. The summed E-state index contributed by atoms with van der Waals surface area (Å²) in [6, 6.07) is 5.48. The Hall–Kier alpha value is -0.660. The van der Waals surface area contributed by atoms with Gasteiger partial charge < -0.3 is 4.57 Å². The zero-order valence-corrected chi connectivity index (χ0v) is 7.95. The van der Waals surface area contributed by atoms with Crippen molar-refractivity contribution in [2.24, 2.45) is 7.05 Å². The topological polar surface area (TPSA) is 4.93 Å². The molecule has 0 aliphatic rings. The van der Waals surface area contributed by atoms with Gasteiger partial charge in [-0.15, -0.1) is 0 Å². The fourth-order valence-electron chi connectivity index (χ4n) is 1.28. The van der Waals surface area contributed by atoms with E-state index in [0.29, 0.717) is 10.0 Å². The van der Waals surface area contributed by atoms with Crippen molar-refractivity contribution in [3.63, 3.8) is 0 Å². The van der Waals surface area contributed by atoms with Gasteiger partial charge in [-0.25, -0.2) is 0 Å². The highest BCUT2D eigenvalue weighted by atomic mass is 35.5. The lowest BCUT2D eigenvalue weighted by Crippen LogP contribution is -1.84. The van der Waals surface area contributed by atoms with Crippen LogP contribution in [0.5, 0.6) is 0 Å². The molecule has 2 rings (SSSR count). The average molecular weight is 199 g/mol. The highest BCUT2D eigenvalue weighted by molar-refractivity contribution is 6.38. The second kappa shape index (κ2) is 2.68. The number of aryl methyl sites for hydroxylation is 1. The monoisotopic (exact) mass is 198 g/mol. The lowest BCUT2D eigenvalue weighted by Gasteiger charge is -1.99. The van der Waals surface area contributed by atoms with E-state index >= 15 is 0 Å². The second-order valence-corrected chi connectivity index (χ2v) is 3.50. The van der Waals surface area contributed by atoms with Gasteiger partial charge in [0, 0.05) is 17.5 Å². The lowest BCUT2D eigenvalue weighted by atomic mass is 10.2. The largest absolute Gasteiger partial charge is 0.341 e. The zero-order chi connectivity index (χ0) is 8.72. The SMILES string of the molecule is Cn1[c]cc2cc(Cl)cc(Cl)c21. The first-order chi connectivity index (χ1) is 5.68. The standard InChI is InChI=1S/C9H6Cl2N/c1-12-3-2-6-4-7(10)5-8(11)9(6)12/h2,4-5H,1H3. The van der Waals surface area contributed by atoms with Gasteiger partial charge in [0.2, 0.25) is 0 Å². The van der Waals surface area contributed by atoms with Crippen LogP contribution in [0.2, 0.25) is 10.0 Å². The van der Waals surface area contributed by atoms with Crippen LogP contribution in [0.3, 0.4) is 0 Å². The summed E-state index contributed by atoms with van der Waals surface area (Å²) in [5.74, 6) is 0. The summed E-state index contributed by atoms with van der Waals surface area (Å²) in [7, 11) is 1.90.